The Balaban J connectivity index is 1.37. The number of imidazole rings is 1. The van der Waals surface area contributed by atoms with E-state index in [1.54, 1.807) is 7.11 Å². The van der Waals surface area contributed by atoms with Crippen LogP contribution in [0.25, 0.3) is 44.7 Å². The number of carbonyl (C=O) groups excluding carboxylic acids is 1. The molecular weight excluding hydrogens is 500 g/mol. The fourth-order valence-corrected chi connectivity index (χ4v) is 6.46. The van der Waals surface area contributed by atoms with Crippen LogP contribution in [0.2, 0.25) is 0 Å². The number of benzene rings is 2. The number of hydrogen-bond acceptors (Lipinski definition) is 4. The molecule has 0 radical (unpaired) electrons. The molecule has 2 fully saturated rings. The molecule has 5 aromatic rings. The highest BCUT2D eigenvalue weighted by molar-refractivity contribution is 6.01. The molecule has 4 heterocycles. The zero-order valence-corrected chi connectivity index (χ0v) is 23.5. The molecule has 2 aliphatic rings. The molecule has 0 unspecified atom stereocenters. The molecule has 8 nitrogen and oxygen atoms in total. The molecule has 1 aliphatic carbocycles. The van der Waals surface area contributed by atoms with Gasteiger partial charge in [-0.3, -0.25) is 9.89 Å². The number of fused-ring (bicyclic) bond motifs is 2. The van der Waals surface area contributed by atoms with Gasteiger partial charge in [0.15, 0.2) is 5.82 Å². The van der Waals surface area contributed by atoms with Crippen LogP contribution in [0.5, 0.6) is 5.75 Å². The van der Waals surface area contributed by atoms with Gasteiger partial charge >= 0.3 is 0 Å². The van der Waals surface area contributed by atoms with E-state index in [1.807, 2.05) is 36.3 Å². The van der Waals surface area contributed by atoms with Gasteiger partial charge in [0.2, 0.25) is 0 Å². The number of hydrogen-bond donors (Lipinski definition) is 1. The van der Waals surface area contributed by atoms with Gasteiger partial charge in [-0.25, -0.2) is 4.98 Å². The molecule has 1 amide bonds. The van der Waals surface area contributed by atoms with E-state index in [0.717, 1.165) is 66.3 Å². The number of piperidine rings is 1. The fourth-order valence-electron chi connectivity index (χ4n) is 6.46. The Morgan fingerprint density at radius 2 is 1.98 bits per heavy atom. The Labute approximate surface area is 233 Å². The van der Waals surface area contributed by atoms with Gasteiger partial charge in [-0.15, -0.1) is 0 Å². The Hall–Kier alpha value is -4.07. The molecule has 1 atom stereocenters. The summed E-state index contributed by atoms with van der Waals surface area (Å²) in [6.07, 6.45) is 7.73. The number of H-pyrrole nitrogens is 1. The number of rotatable bonds is 7. The third-order valence-corrected chi connectivity index (χ3v) is 8.85. The molecule has 1 saturated heterocycles. The number of aromatic amines is 1. The molecule has 1 aliphatic heterocycles. The maximum absolute atomic E-state index is 13.6. The molecular formula is C32H36N6O2. The Kier molecular flexibility index (Phi) is 6.13. The van der Waals surface area contributed by atoms with E-state index in [2.05, 4.69) is 50.5 Å². The van der Waals surface area contributed by atoms with Crippen LogP contribution in [-0.2, 0) is 13.6 Å². The molecule has 0 bridgehead atoms. The van der Waals surface area contributed by atoms with Crippen LogP contribution in [-0.4, -0.2) is 55.3 Å². The van der Waals surface area contributed by atoms with Gasteiger partial charge in [0.25, 0.3) is 5.91 Å². The van der Waals surface area contributed by atoms with Crippen molar-refractivity contribution in [3.05, 3.63) is 54.2 Å². The van der Waals surface area contributed by atoms with E-state index in [9.17, 15) is 4.79 Å². The average molecular weight is 537 g/mol. The van der Waals surface area contributed by atoms with Crippen LogP contribution in [0.4, 0.5) is 0 Å². The molecule has 1 saturated carbocycles. The lowest BCUT2D eigenvalue weighted by atomic mass is 9.95. The second-order valence-electron chi connectivity index (χ2n) is 11.5. The second kappa shape index (κ2) is 9.84. The van der Waals surface area contributed by atoms with Gasteiger partial charge in [0.1, 0.15) is 11.3 Å². The van der Waals surface area contributed by atoms with Crippen molar-refractivity contribution < 1.29 is 9.53 Å². The van der Waals surface area contributed by atoms with Crippen molar-refractivity contribution in [2.75, 3.05) is 20.2 Å². The van der Waals surface area contributed by atoms with E-state index >= 15 is 0 Å². The Morgan fingerprint density at radius 1 is 1.10 bits per heavy atom. The molecule has 2 aromatic carbocycles. The number of aryl methyl sites for hydroxylation is 1. The summed E-state index contributed by atoms with van der Waals surface area (Å²) in [5.74, 6) is 2.85. The zero-order chi connectivity index (χ0) is 27.4. The number of nitrogens with one attached hydrogen (secondary N) is 1. The Bertz CT molecular complexity index is 1710. The smallest absolute Gasteiger partial charge is 0.254 e. The van der Waals surface area contributed by atoms with Gasteiger partial charge in [-0.2, -0.15) is 5.10 Å². The lowest BCUT2D eigenvalue weighted by Crippen LogP contribution is -2.39. The Morgan fingerprint density at radius 3 is 2.73 bits per heavy atom. The van der Waals surface area contributed by atoms with Crippen LogP contribution >= 0.6 is 0 Å². The number of ether oxygens (including phenoxy) is 1. The molecule has 8 heteroatoms. The predicted octanol–water partition coefficient (Wildman–Crippen LogP) is 6.27. The van der Waals surface area contributed by atoms with Gasteiger partial charge in [-0.05, 0) is 61.8 Å². The molecule has 0 spiro atoms. The summed E-state index contributed by atoms with van der Waals surface area (Å²) in [7, 11) is 3.71. The minimum absolute atomic E-state index is 0.0667. The highest BCUT2D eigenvalue weighted by Crippen LogP contribution is 2.40. The first-order chi connectivity index (χ1) is 19.6. The first kappa shape index (κ1) is 24.9. The fraction of sp³-hybridized carbons (Fsp3) is 0.406. The summed E-state index contributed by atoms with van der Waals surface area (Å²) in [6, 6.07) is 14.5. The number of aromatic nitrogens is 5. The lowest BCUT2D eigenvalue weighted by Gasteiger charge is -2.32. The summed E-state index contributed by atoms with van der Waals surface area (Å²) in [4.78, 5) is 20.8. The van der Waals surface area contributed by atoms with Crippen molar-refractivity contribution in [1.29, 1.82) is 0 Å². The van der Waals surface area contributed by atoms with Gasteiger partial charge < -0.3 is 18.8 Å². The SMILES string of the molecule is CC[C@@H]1CCCN(C(=O)c2cc(OC)c3c(c2)nc(-c2cc4cccc(-c5cc[nH]n5)c4n2CC2CC2)n3C)C1. The minimum Gasteiger partial charge on any atom is -0.494 e. The first-order valence-corrected chi connectivity index (χ1v) is 14.5. The van der Waals surface area contributed by atoms with E-state index in [4.69, 9.17) is 9.72 Å². The molecule has 206 valence electrons. The topological polar surface area (TPSA) is 81.0 Å². The number of amides is 1. The van der Waals surface area contributed by atoms with Crippen LogP contribution in [0.15, 0.2) is 48.7 Å². The first-order valence-electron chi connectivity index (χ1n) is 14.5. The lowest BCUT2D eigenvalue weighted by molar-refractivity contribution is 0.0671. The number of methoxy groups -OCH3 is 1. The van der Waals surface area contributed by atoms with Crippen molar-refractivity contribution in [3.63, 3.8) is 0 Å². The van der Waals surface area contributed by atoms with Crippen molar-refractivity contribution in [2.45, 2.75) is 45.6 Å². The van der Waals surface area contributed by atoms with E-state index in [1.165, 1.54) is 30.2 Å². The van der Waals surface area contributed by atoms with Gasteiger partial charge in [-0.1, -0.05) is 31.5 Å². The van der Waals surface area contributed by atoms with E-state index in [-0.39, 0.29) is 5.91 Å². The summed E-state index contributed by atoms with van der Waals surface area (Å²) in [6.45, 7) is 4.78. The van der Waals surface area contributed by atoms with Crippen molar-refractivity contribution in [3.8, 4) is 28.5 Å². The monoisotopic (exact) mass is 536 g/mol. The summed E-state index contributed by atoms with van der Waals surface area (Å²) in [5, 5.41) is 8.63. The van der Waals surface area contributed by atoms with Crippen molar-refractivity contribution >= 4 is 27.8 Å². The summed E-state index contributed by atoms with van der Waals surface area (Å²) in [5.41, 5.74) is 6.62. The summed E-state index contributed by atoms with van der Waals surface area (Å²) < 4.78 is 10.4. The van der Waals surface area contributed by atoms with Crippen LogP contribution in [0.3, 0.4) is 0 Å². The summed E-state index contributed by atoms with van der Waals surface area (Å²) >= 11 is 0. The average Bonchev–Trinajstić information content (AvgIpc) is 3.35. The molecule has 1 N–H and O–H groups in total. The largest absolute Gasteiger partial charge is 0.494 e. The maximum Gasteiger partial charge on any atom is 0.254 e. The number of para-hydroxylation sites is 1. The molecule has 40 heavy (non-hydrogen) atoms. The van der Waals surface area contributed by atoms with Crippen molar-refractivity contribution in [2.24, 2.45) is 18.9 Å². The van der Waals surface area contributed by atoms with E-state index < -0.39 is 0 Å². The third kappa shape index (κ3) is 4.17. The quantitative estimate of drug-likeness (QED) is 0.266. The second-order valence-corrected chi connectivity index (χ2v) is 11.5. The number of nitrogens with zero attached hydrogens (tertiary/aromatic N) is 5. The predicted molar refractivity (Wildman–Crippen MR) is 157 cm³/mol. The van der Waals surface area contributed by atoms with E-state index in [0.29, 0.717) is 23.1 Å². The highest BCUT2D eigenvalue weighted by Gasteiger charge is 2.28. The normalized spacial score (nSPS) is 17.7. The van der Waals surface area contributed by atoms with Crippen molar-refractivity contribution in [1.82, 2.24) is 29.2 Å². The van der Waals surface area contributed by atoms with Crippen LogP contribution < -0.4 is 4.74 Å². The standard InChI is InChI=1S/C32H36N6O2/c1-4-20-7-6-14-37(18-20)32(39)23-15-26-30(28(17-23)40-3)36(2)31(34-26)27-16-22-8-5-9-24(25-12-13-33-35-25)29(22)38(27)19-21-10-11-21/h5,8-9,12-13,15-17,20-21H,4,6-7,10-11,14,18-19H2,1-3H3,(H,33,35)/t20-/m1/s1. The van der Waals surface area contributed by atoms with Crippen LogP contribution in [0.1, 0.15) is 49.4 Å². The maximum atomic E-state index is 13.6. The van der Waals surface area contributed by atoms with Gasteiger partial charge in [0, 0.05) is 49.4 Å². The zero-order valence-electron chi connectivity index (χ0n) is 23.5. The third-order valence-electron chi connectivity index (χ3n) is 8.85. The molecule has 3 aromatic heterocycles. The molecule has 7 rings (SSSR count). The number of carbonyl (C=O) groups is 1. The van der Waals surface area contributed by atoms with Crippen LogP contribution in [0, 0.1) is 11.8 Å². The number of likely N-dealkylation sites (tertiary alicyclic amines) is 1. The minimum atomic E-state index is 0.0667. The highest BCUT2D eigenvalue weighted by atomic mass is 16.5. The van der Waals surface area contributed by atoms with Gasteiger partial charge in [0.05, 0.1) is 29.5 Å².